The maximum atomic E-state index is 12.5. The summed E-state index contributed by atoms with van der Waals surface area (Å²) in [6, 6.07) is 3.83. The fraction of sp³-hybridized carbons (Fsp3) is 0.571. The van der Waals surface area contributed by atoms with Crippen LogP contribution in [-0.2, 0) is 6.42 Å². The number of carbonyl (C=O) groups is 1. The number of thiocarbonyl (C=S) groups is 1. The number of furan rings is 1. The van der Waals surface area contributed by atoms with E-state index in [9.17, 15) is 4.79 Å². The molecule has 4 nitrogen and oxygen atoms in total. The summed E-state index contributed by atoms with van der Waals surface area (Å²) in [6.07, 6.45) is 5.14. The van der Waals surface area contributed by atoms with Gasteiger partial charge in [0.1, 0.15) is 5.76 Å². The van der Waals surface area contributed by atoms with E-state index in [1.54, 1.807) is 11.0 Å². The van der Waals surface area contributed by atoms with Gasteiger partial charge in [-0.2, -0.15) is 0 Å². The average Bonchev–Trinajstić information content (AvgIpc) is 3.05. The van der Waals surface area contributed by atoms with Crippen LogP contribution in [0.15, 0.2) is 16.5 Å². The quantitative estimate of drug-likeness (QED) is 0.842. The summed E-state index contributed by atoms with van der Waals surface area (Å²) in [7, 11) is 0. The van der Waals surface area contributed by atoms with E-state index in [4.69, 9.17) is 22.4 Å². The second kappa shape index (κ2) is 6.19. The van der Waals surface area contributed by atoms with Crippen LogP contribution in [0.5, 0.6) is 0 Å². The molecular weight excluding hydrogens is 260 g/mol. The maximum absolute atomic E-state index is 12.5. The predicted octanol–water partition coefficient (Wildman–Crippen LogP) is 2.51. The van der Waals surface area contributed by atoms with Gasteiger partial charge in [0.05, 0.1) is 11.5 Å². The van der Waals surface area contributed by atoms with Gasteiger partial charge in [-0.25, -0.2) is 0 Å². The first-order valence-corrected chi connectivity index (χ1v) is 7.20. The Morgan fingerprint density at radius 3 is 2.68 bits per heavy atom. The summed E-state index contributed by atoms with van der Waals surface area (Å²) in [6.45, 7) is 2.33. The third-order valence-corrected chi connectivity index (χ3v) is 3.70. The van der Waals surface area contributed by atoms with Gasteiger partial charge < -0.3 is 15.1 Å². The maximum Gasteiger partial charge on any atom is 0.290 e. The van der Waals surface area contributed by atoms with Crippen LogP contribution < -0.4 is 5.73 Å². The Morgan fingerprint density at radius 1 is 1.47 bits per heavy atom. The molecule has 2 rings (SSSR count). The Bertz CT molecular complexity index is 464. The van der Waals surface area contributed by atoms with Gasteiger partial charge in [0.15, 0.2) is 5.76 Å². The van der Waals surface area contributed by atoms with Crippen LogP contribution in [0.2, 0.25) is 0 Å². The zero-order chi connectivity index (χ0) is 13.8. The highest BCUT2D eigenvalue weighted by Crippen LogP contribution is 2.25. The number of hydrogen-bond donors (Lipinski definition) is 1. The van der Waals surface area contributed by atoms with Crippen molar-refractivity contribution in [2.24, 2.45) is 5.73 Å². The Kier molecular flexibility index (Phi) is 4.58. The largest absolute Gasteiger partial charge is 0.456 e. The van der Waals surface area contributed by atoms with Crippen LogP contribution in [0.1, 0.15) is 48.9 Å². The highest BCUT2D eigenvalue weighted by molar-refractivity contribution is 7.80. The minimum atomic E-state index is -0.0978. The highest BCUT2D eigenvalue weighted by Gasteiger charge is 2.29. The van der Waals surface area contributed by atoms with E-state index in [0.29, 0.717) is 17.3 Å². The molecule has 0 bridgehead atoms. The van der Waals surface area contributed by atoms with Crippen molar-refractivity contribution < 1.29 is 9.21 Å². The summed E-state index contributed by atoms with van der Waals surface area (Å²) in [5, 5.41) is 0. The molecule has 0 radical (unpaired) electrons. The molecule has 1 heterocycles. The number of nitrogens with two attached hydrogens (primary N) is 1. The standard InChI is InChI=1S/C14H20N2O2S/c1-2-11-7-8-12(18-11)14(17)16(9-13(15)19)10-5-3-4-6-10/h7-8,10H,2-6,9H2,1H3,(H2,15,19). The average molecular weight is 280 g/mol. The number of hydrogen-bond acceptors (Lipinski definition) is 3. The molecule has 2 N–H and O–H groups in total. The van der Waals surface area contributed by atoms with E-state index >= 15 is 0 Å². The molecule has 1 aliphatic carbocycles. The summed E-state index contributed by atoms with van der Waals surface area (Å²) in [5.74, 6) is 1.12. The molecule has 1 aromatic heterocycles. The molecule has 1 amide bonds. The van der Waals surface area contributed by atoms with Crippen molar-refractivity contribution in [1.82, 2.24) is 4.90 Å². The first kappa shape index (κ1) is 14.1. The molecule has 0 saturated heterocycles. The Hall–Kier alpha value is -1.36. The molecule has 19 heavy (non-hydrogen) atoms. The summed E-state index contributed by atoms with van der Waals surface area (Å²) < 4.78 is 5.54. The smallest absolute Gasteiger partial charge is 0.290 e. The van der Waals surface area contributed by atoms with Crippen molar-refractivity contribution in [2.45, 2.75) is 45.1 Å². The minimum Gasteiger partial charge on any atom is -0.456 e. The Labute approximate surface area is 118 Å². The van der Waals surface area contributed by atoms with Crippen molar-refractivity contribution in [1.29, 1.82) is 0 Å². The second-order valence-electron chi connectivity index (χ2n) is 4.96. The summed E-state index contributed by atoms with van der Waals surface area (Å²) in [4.78, 5) is 14.6. The lowest BCUT2D eigenvalue weighted by atomic mass is 10.2. The Morgan fingerprint density at radius 2 is 2.16 bits per heavy atom. The van der Waals surface area contributed by atoms with Crippen molar-refractivity contribution in [2.75, 3.05) is 6.54 Å². The fourth-order valence-electron chi connectivity index (χ4n) is 2.57. The lowest BCUT2D eigenvalue weighted by Crippen LogP contribution is -2.43. The Balaban J connectivity index is 2.16. The van der Waals surface area contributed by atoms with Gasteiger partial charge >= 0.3 is 0 Å². The number of aryl methyl sites for hydroxylation is 1. The van der Waals surface area contributed by atoms with Crippen LogP contribution in [0.25, 0.3) is 0 Å². The lowest BCUT2D eigenvalue weighted by Gasteiger charge is -2.27. The predicted molar refractivity (Wildman–Crippen MR) is 78.2 cm³/mol. The summed E-state index contributed by atoms with van der Waals surface area (Å²) >= 11 is 4.96. The normalized spacial score (nSPS) is 15.6. The van der Waals surface area contributed by atoms with Gasteiger partial charge in [-0.1, -0.05) is 32.0 Å². The van der Waals surface area contributed by atoms with Gasteiger partial charge in [0, 0.05) is 12.5 Å². The molecule has 1 aliphatic rings. The lowest BCUT2D eigenvalue weighted by molar-refractivity contribution is 0.0680. The molecule has 0 unspecified atom stereocenters. The van der Waals surface area contributed by atoms with Crippen molar-refractivity contribution in [3.8, 4) is 0 Å². The molecule has 1 aromatic rings. The second-order valence-corrected chi connectivity index (χ2v) is 5.48. The van der Waals surface area contributed by atoms with Crippen molar-refractivity contribution in [3.63, 3.8) is 0 Å². The first-order valence-electron chi connectivity index (χ1n) is 6.79. The van der Waals surface area contributed by atoms with E-state index in [-0.39, 0.29) is 11.9 Å². The van der Waals surface area contributed by atoms with Gasteiger partial charge in [0.2, 0.25) is 0 Å². The zero-order valence-electron chi connectivity index (χ0n) is 11.2. The van der Waals surface area contributed by atoms with Gasteiger partial charge in [-0.3, -0.25) is 4.79 Å². The van der Waals surface area contributed by atoms with Crippen molar-refractivity contribution >= 4 is 23.1 Å². The topological polar surface area (TPSA) is 59.5 Å². The van der Waals surface area contributed by atoms with Gasteiger partial charge in [-0.05, 0) is 25.0 Å². The molecule has 1 fully saturated rings. The van der Waals surface area contributed by atoms with Crippen LogP contribution >= 0.6 is 12.2 Å². The van der Waals surface area contributed by atoms with E-state index < -0.39 is 0 Å². The van der Waals surface area contributed by atoms with Crippen molar-refractivity contribution in [3.05, 3.63) is 23.7 Å². The number of carbonyl (C=O) groups excluding carboxylic acids is 1. The van der Waals surface area contributed by atoms with Crippen LogP contribution in [0, 0.1) is 0 Å². The van der Waals surface area contributed by atoms with E-state index in [2.05, 4.69) is 0 Å². The van der Waals surface area contributed by atoms with Gasteiger partial charge in [0.25, 0.3) is 5.91 Å². The van der Waals surface area contributed by atoms with E-state index in [1.807, 2.05) is 13.0 Å². The van der Waals surface area contributed by atoms with Crippen LogP contribution in [0.3, 0.4) is 0 Å². The molecule has 0 spiro atoms. The molecule has 0 aliphatic heterocycles. The molecular formula is C14H20N2O2S. The third kappa shape index (κ3) is 3.35. The van der Waals surface area contributed by atoms with Gasteiger partial charge in [-0.15, -0.1) is 0 Å². The monoisotopic (exact) mass is 280 g/mol. The van der Waals surface area contributed by atoms with Crippen LogP contribution in [0.4, 0.5) is 0 Å². The molecule has 5 heteroatoms. The first-order chi connectivity index (χ1) is 9.11. The van der Waals surface area contributed by atoms with E-state index in [0.717, 1.165) is 37.9 Å². The number of amides is 1. The molecule has 1 saturated carbocycles. The fourth-order valence-corrected chi connectivity index (χ4v) is 2.71. The SMILES string of the molecule is CCc1ccc(C(=O)N(CC(N)=S)C2CCCC2)o1. The number of rotatable bonds is 5. The molecule has 0 aromatic carbocycles. The number of nitrogens with zero attached hydrogens (tertiary/aromatic N) is 1. The van der Waals surface area contributed by atoms with Crippen LogP contribution in [-0.4, -0.2) is 28.4 Å². The molecule has 0 atom stereocenters. The zero-order valence-corrected chi connectivity index (χ0v) is 12.0. The highest BCUT2D eigenvalue weighted by atomic mass is 32.1. The third-order valence-electron chi connectivity index (χ3n) is 3.57. The van der Waals surface area contributed by atoms with E-state index in [1.165, 1.54) is 0 Å². The minimum absolute atomic E-state index is 0.0978. The summed E-state index contributed by atoms with van der Waals surface area (Å²) in [5.41, 5.74) is 5.62. The molecule has 104 valence electrons.